The fourth-order valence-electron chi connectivity index (χ4n) is 4.23. The Morgan fingerprint density at radius 2 is 1.74 bits per heavy atom. The van der Waals surface area contributed by atoms with Crippen LogP contribution in [0.3, 0.4) is 0 Å². The molecule has 34 heavy (non-hydrogen) atoms. The van der Waals surface area contributed by atoms with Crippen molar-refractivity contribution in [2.24, 2.45) is 0 Å². The van der Waals surface area contributed by atoms with Gasteiger partial charge in [0.25, 0.3) is 11.8 Å². The summed E-state index contributed by atoms with van der Waals surface area (Å²) in [6.07, 6.45) is 1.57. The van der Waals surface area contributed by atoms with Crippen molar-refractivity contribution in [3.63, 3.8) is 0 Å². The standard InChI is InChI=1S/C26H22Cl2N4O2/c1-16-3-6-20(13-30-16)25(33)31(2)24-15-32(26(34)18-7-4-17(12-29)5-8-18)14-21(24)19-9-10-22(27)23(28)11-19/h3-11,13,21,24H,14-15H2,1-2H3/t21?,24-/m1/s1. The summed E-state index contributed by atoms with van der Waals surface area (Å²) in [6, 6.07) is 17.3. The SMILES string of the molecule is Cc1ccc(C(=O)N(C)[C@@H]2CN(C(=O)c3ccc(C#N)cc3)CC2c2ccc(Cl)c(Cl)c2)cn1. The van der Waals surface area contributed by atoms with Crippen LogP contribution in [-0.4, -0.2) is 52.8 Å². The summed E-state index contributed by atoms with van der Waals surface area (Å²) in [5.74, 6) is -0.491. The van der Waals surface area contributed by atoms with Crippen molar-refractivity contribution >= 4 is 35.0 Å². The number of amides is 2. The van der Waals surface area contributed by atoms with E-state index in [1.807, 2.05) is 13.0 Å². The molecule has 6 nitrogen and oxygen atoms in total. The molecule has 8 heteroatoms. The largest absolute Gasteiger partial charge is 0.336 e. The van der Waals surface area contributed by atoms with E-state index in [4.69, 9.17) is 28.5 Å². The number of hydrogen-bond donors (Lipinski definition) is 0. The lowest BCUT2D eigenvalue weighted by Crippen LogP contribution is -2.42. The van der Waals surface area contributed by atoms with Gasteiger partial charge in [-0.05, 0) is 61.0 Å². The van der Waals surface area contributed by atoms with E-state index in [9.17, 15) is 9.59 Å². The van der Waals surface area contributed by atoms with Crippen LogP contribution in [0.25, 0.3) is 0 Å². The van der Waals surface area contributed by atoms with Crippen LogP contribution < -0.4 is 0 Å². The summed E-state index contributed by atoms with van der Waals surface area (Å²) < 4.78 is 0. The molecule has 2 atom stereocenters. The van der Waals surface area contributed by atoms with Crippen LogP contribution in [0.2, 0.25) is 10.0 Å². The van der Waals surface area contributed by atoms with Gasteiger partial charge in [0.1, 0.15) is 0 Å². The van der Waals surface area contributed by atoms with Crippen LogP contribution in [0.15, 0.2) is 60.8 Å². The first-order chi connectivity index (χ1) is 16.3. The summed E-state index contributed by atoms with van der Waals surface area (Å²) in [4.78, 5) is 34.2. The maximum atomic E-state index is 13.3. The number of carbonyl (C=O) groups excluding carboxylic acids is 2. The Morgan fingerprint density at radius 3 is 2.35 bits per heavy atom. The maximum Gasteiger partial charge on any atom is 0.255 e. The molecule has 1 fully saturated rings. The number of hydrogen-bond acceptors (Lipinski definition) is 4. The van der Waals surface area contributed by atoms with Crippen LogP contribution in [0.5, 0.6) is 0 Å². The van der Waals surface area contributed by atoms with Crippen molar-refractivity contribution < 1.29 is 9.59 Å². The van der Waals surface area contributed by atoms with Crippen LogP contribution in [0, 0.1) is 18.3 Å². The van der Waals surface area contributed by atoms with E-state index in [2.05, 4.69) is 11.1 Å². The summed E-state index contributed by atoms with van der Waals surface area (Å²) >= 11 is 12.4. The molecule has 172 valence electrons. The van der Waals surface area contributed by atoms with Gasteiger partial charge in [-0.25, -0.2) is 0 Å². The second-order valence-corrected chi connectivity index (χ2v) is 9.17. The van der Waals surface area contributed by atoms with E-state index in [1.54, 1.807) is 71.6 Å². The number of nitriles is 1. The van der Waals surface area contributed by atoms with Crippen molar-refractivity contribution in [2.75, 3.05) is 20.1 Å². The Kier molecular flexibility index (Phi) is 6.87. The van der Waals surface area contributed by atoms with Crippen molar-refractivity contribution in [3.8, 4) is 6.07 Å². The average Bonchev–Trinajstić information content (AvgIpc) is 3.30. The van der Waals surface area contributed by atoms with Gasteiger partial charge < -0.3 is 9.80 Å². The van der Waals surface area contributed by atoms with Crippen molar-refractivity contribution in [1.29, 1.82) is 5.26 Å². The first-order valence-electron chi connectivity index (χ1n) is 10.7. The van der Waals surface area contributed by atoms with Gasteiger partial charge in [-0.1, -0.05) is 29.3 Å². The van der Waals surface area contributed by atoms with Crippen LogP contribution in [0.1, 0.15) is 43.5 Å². The third-order valence-electron chi connectivity index (χ3n) is 6.19. The van der Waals surface area contributed by atoms with Crippen LogP contribution in [-0.2, 0) is 0 Å². The van der Waals surface area contributed by atoms with E-state index in [0.717, 1.165) is 11.3 Å². The molecular formula is C26H22Cl2N4O2. The number of likely N-dealkylation sites (N-methyl/N-ethyl adjacent to an activating group) is 1. The van der Waals surface area contributed by atoms with Crippen LogP contribution >= 0.6 is 23.2 Å². The normalized spacial score (nSPS) is 17.3. The summed E-state index contributed by atoms with van der Waals surface area (Å²) in [6.45, 7) is 2.62. The van der Waals surface area contributed by atoms with Gasteiger partial charge >= 0.3 is 0 Å². The quantitative estimate of drug-likeness (QED) is 0.516. The minimum Gasteiger partial charge on any atom is -0.336 e. The van der Waals surface area contributed by atoms with Gasteiger partial charge in [-0.15, -0.1) is 0 Å². The summed E-state index contributed by atoms with van der Waals surface area (Å²) in [7, 11) is 1.74. The van der Waals surface area contributed by atoms with Crippen molar-refractivity contribution in [1.82, 2.24) is 14.8 Å². The first kappa shape index (κ1) is 23.7. The lowest BCUT2D eigenvalue weighted by atomic mass is 9.93. The topological polar surface area (TPSA) is 77.3 Å². The van der Waals surface area contributed by atoms with Gasteiger partial charge in [-0.2, -0.15) is 5.26 Å². The Bertz CT molecular complexity index is 1270. The second kappa shape index (κ2) is 9.84. The molecule has 2 heterocycles. The number of halogens is 2. The van der Waals surface area contributed by atoms with Crippen molar-refractivity contribution in [3.05, 3.63) is 98.8 Å². The molecule has 0 saturated carbocycles. The molecule has 3 aromatic rings. The van der Waals surface area contributed by atoms with Gasteiger partial charge in [0.15, 0.2) is 0 Å². The predicted molar refractivity (Wildman–Crippen MR) is 131 cm³/mol. The highest BCUT2D eigenvalue weighted by Gasteiger charge is 2.40. The summed E-state index contributed by atoms with van der Waals surface area (Å²) in [5, 5.41) is 9.90. The van der Waals surface area contributed by atoms with Gasteiger partial charge in [-0.3, -0.25) is 14.6 Å². The number of aryl methyl sites for hydroxylation is 1. The van der Waals surface area contributed by atoms with E-state index in [0.29, 0.717) is 39.8 Å². The lowest BCUT2D eigenvalue weighted by Gasteiger charge is -2.29. The molecule has 1 saturated heterocycles. The molecule has 0 N–H and O–H groups in total. The molecule has 0 aliphatic carbocycles. The molecular weight excluding hydrogens is 471 g/mol. The minimum atomic E-state index is -0.284. The molecule has 1 aliphatic rings. The van der Waals surface area contributed by atoms with Gasteiger partial charge in [0.05, 0.1) is 33.3 Å². The van der Waals surface area contributed by atoms with Crippen molar-refractivity contribution in [2.45, 2.75) is 18.9 Å². The Balaban J connectivity index is 1.65. The third-order valence-corrected chi connectivity index (χ3v) is 6.92. The van der Waals surface area contributed by atoms with E-state index >= 15 is 0 Å². The van der Waals surface area contributed by atoms with Crippen LogP contribution in [0.4, 0.5) is 0 Å². The smallest absolute Gasteiger partial charge is 0.255 e. The molecule has 1 unspecified atom stereocenters. The number of carbonyl (C=O) groups is 2. The monoisotopic (exact) mass is 492 g/mol. The second-order valence-electron chi connectivity index (χ2n) is 8.35. The number of rotatable bonds is 4. The number of benzene rings is 2. The molecule has 4 rings (SSSR count). The highest BCUT2D eigenvalue weighted by atomic mass is 35.5. The molecule has 2 aromatic carbocycles. The number of pyridine rings is 1. The molecule has 0 spiro atoms. The van der Waals surface area contributed by atoms with Gasteiger partial charge in [0.2, 0.25) is 0 Å². The molecule has 0 radical (unpaired) electrons. The zero-order valence-corrected chi connectivity index (χ0v) is 20.2. The molecule has 0 bridgehead atoms. The van der Waals surface area contributed by atoms with E-state index in [1.165, 1.54) is 0 Å². The zero-order chi connectivity index (χ0) is 24.4. The lowest BCUT2D eigenvalue weighted by molar-refractivity contribution is 0.0695. The fraction of sp³-hybridized carbons (Fsp3) is 0.231. The van der Waals surface area contributed by atoms with Gasteiger partial charge in [0, 0.05) is 43.5 Å². The molecule has 1 aromatic heterocycles. The number of nitrogens with zero attached hydrogens (tertiary/aromatic N) is 4. The minimum absolute atomic E-state index is 0.157. The summed E-state index contributed by atoms with van der Waals surface area (Å²) in [5.41, 5.74) is 3.19. The highest BCUT2D eigenvalue weighted by molar-refractivity contribution is 6.42. The number of aromatic nitrogens is 1. The average molecular weight is 493 g/mol. The zero-order valence-electron chi connectivity index (χ0n) is 18.7. The Hall–Kier alpha value is -3.40. The fourth-order valence-corrected chi connectivity index (χ4v) is 4.54. The van der Waals surface area contributed by atoms with E-state index < -0.39 is 0 Å². The molecule has 2 amide bonds. The third kappa shape index (κ3) is 4.77. The predicted octanol–water partition coefficient (Wildman–Crippen LogP) is 4.95. The maximum absolute atomic E-state index is 13.3. The number of likely N-dealkylation sites (tertiary alicyclic amines) is 1. The van der Waals surface area contributed by atoms with E-state index in [-0.39, 0.29) is 23.8 Å². The first-order valence-corrected chi connectivity index (χ1v) is 11.5. The Labute approximate surface area is 208 Å². The highest BCUT2D eigenvalue weighted by Crippen LogP contribution is 2.35. The molecule has 1 aliphatic heterocycles. The Morgan fingerprint density at radius 1 is 1.03 bits per heavy atom.